The molecule has 1 aliphatic rings. The van der Waals surface area contributed by atoms with E-state index in [1.165, 1.54) is 38.2 Å². The van der Waals surface area contributed by atoms with Crippen molar-refractivity contribution < 1.29 is 4.39 Å². The van der Waals surface area contributed by atoms with E-state index in [4.69, 9.17) is 11.6 Å². The highest BCUT2D eigenvalue weighted by molar-refractivity contribution is 6.31. The van der Waals surface area contributed by atoms with Gasteiger partial charge in [-0.15, -0.1) is 0 Å². The van der Waals surface area contributed by atoms with E-state index < -0.39 is 0 Å². The van der Waals surface area contributed by atoms with Gasteiger partial charge in [-0.2, -0.15) is 0 Å². The second-order valence-electron chi connectivity index (χ2n) is 6.95. The van der Waals surface area contributed by atoms with Crippen LogP contribution in [-0.4, -0.2) is 13.1 Å². The SMILES string of the molecule is CNC(Cc1cc(F)ccc1Cl)C1(CC(C)C)CCCC1. The predicted octanol–water partition coefficient (Wildman–Crippen LogP) is 5.22. The minimum absolute atomic E-state index is 0.200. The molecule has 1 unspecified atom stereocenters. The molecular formula is C18H27ClFN. The van der Waals surface area contributed by atoms with Crippen molar-refractivity contribution in [2.45, 2.75) is 58.4 Å². The van der Waals surface area contributed by atoms with E-state index in [-0.39, 0.29) is 5.82 Å². The van der Waals surface area contributed by atoms with E-state index in [1.807, 2.05) is 7.05 Å². The first-order valence-electron chi connectivity index (χ1n) is 8.08. The first kappa shape index (κ1) is 16.8. The average Bonchev–Trinajstić information content (AvgIpc) is 2.88. The van der Waals surface area contributed by atoms with Gasteiger partial charge in [0, 0.05) is 11.1 Å². The van der Waals surface area contributed by atoms with Crippen LogP contribution in [0.2, 0.25) is 5.02 Å². The molecule has 1 nitrogen and oxygen atoms in total. The number of hydrogen-bond donors (Lipinski definition) is 1. The fourth-order valence-electron chi connectivity index (χ4n) is 4.13. The van der Waals surface area contributed by atoms with Crippen LogP contribution in [0.4, 0.5) is 4.39 Å². The Hall–Kier alpha value is -0.600. The van der Waals surface area contributed by atoms with Gasteiger partial charge in [-0.3, -0.25) is 0 Å². The number of rotatable bonds is 6. The summed E-state index contributed by atoms with van der Waals surface area (Å²) in [5, 5.41) is 4.18. The molecule has 1 atom stereocenters. The molecule has 1 aromatic rings. The molecular weight excluding hydrogens is 285 g/mol. The van der Waals surface area contributed by atoms with Gasteiger partial charge < -0.3 is 5.32 Å². The zero-order valence-electron chi connectivity index (χ0n) is 13.4. The second-order valence-corrected chi connectivity index (χ2v) is 7.36. The van der Waals surface area contributed by atoms with Gasteiger partial charge in [0.1, 0.15) is 5.82 Å². The van der Waals surface area contributed by atoms with E-state index >= 15 is 0 Å². The maximum absolute atomic E-state index is 13.5. The quantitative estimate of drug-likeness (QED) is 0.760. The fraction of sp³-hybridized carbons (Fsp3) is 0.667. The van der Waals surface area contributed by atoms with Crippen molar-refractivity contribution >= 4 is 11.6 Å². The van der Waals surface area contributed by atoms with E-state index in [0.717, 1.165) is 12.0 Å². The van der Waals surface area contributed by atoms with Crippen LogP contribution in [0.3, 0.4) is 0 Å². The summed E-state index contributed by atoms with van der Waals surface area (Å²) >= 11 is 6.26. The highest BCUT2D eigenvalue weighted by atomic mass is 35.5. The first-order chi connectivity index (χ1) is 9.97. The Morgan fingerprint density at radius 1 is 1.29 bits per heavy atom. The topological polar surface area (TPSA) is 12.0 Å². The molecule has 118 valence electrons. The minimum Gasteiger partial charge on any atom is -0.316 e. The third-order valence-electron chi connectivity index (χ3n) is 4.93. The second kappa shape index (κ2) is 7.11. The van der Waals surface area contributed by atoms with Crippen LogP contribution < -0.4 is 5.32 Å². The molecule has 0 aliphatic heterocycles. The van der Waals surface area contributed by atoms with Crippen LogP contribution >= 0.6 is 11.6 Å². The lowest BCUT2D eigenvalue weighted by atomic mass is 9.71. The summed E-state index contributed by atoms with van der Waals surface area (Å²) in [6.45, 7) is 4.59. The fourth-order valence-corrected chi connectivity index (χ4v) is 4.33. The van der Waals surface area contributed by atoms with E-state index in [2.05, 4.69) is 19.2 Å². The van der Waals surface area contributed by atoms with Crippen LogP contribution in [-0.2, 0) is 6.42 Å². The maximum Gasteiger partial charge on any atom is 0.123 e. The molecule has 1 fully saturated rings. The van der Waals surface area contributed by atoms with Crippen molar-refractivity contribution in [3.8, 4) is 0 Å². The van der Waals surface area contributed by atoms with E-state index in [1.54, 1.807) is 12.1 Å². The molecule has 0 radical (unpaired) electrons. The summed E-state index contributed by atoms with van der Waals surface area (Å²) in [6, 6.07) is 5.05. The molecule has 0 heterocycles. The molecule has 0 bridgehead atoms. The zero-order chi connectivity index (χ0) is 15.5. The number of nitrogens with one attached hydrogen (secondary N) is 1. The summed E-state index contributed by atoms with van der Waals surface area (Å²) in [6.07, 6.45) is 7.18. The van der Waals surface area contributed by atoms with Crippen molar-refractivity contribution in [2.24, 2.45) is 11.3 Å². The summed E-state index contributed by atoms with van der Waals surface area (Å²) < 4.78 is 13.5. The van der Waals surface area contributed by atoms with Gasteiger partial charge >= 0.3 is 0 Å². The van der Waals surface area contributed by atoms with Crippen LogP contribution in [0.1, 0.15) is 51.5 Å². The van der Waals surface area contributed by atoms with Crippen molar-refractivity contribution in [2.75, 3.05) is 7.05 Å². The summed E-state index contributed by atoms with van der Waals surface area (Å²) in [5.41, 5.74) is 1.25. The molecule has 0 aromatic heterocycles. The summed E-state index contributed by atoms with van der Waals surface area (Å²) in [4.78, 5) is 0. The highest BCUT2D eigenvalue weighted by Crippen LogP contribution is 2.47. The maximum atomic E-state index is 13.5. The Bertz CT molecular complexity index is 466. The predicted molar refractivity (Wildman–Crippen MR) is 88.3 cm³/mol. The third-order valence-corrected chi connectivity index (χ3v) is 5.30. The highest BCUT2D eigenvalue weighted by Gasteiger charge is 2.40. The van der Waals surface area contributed by atoms with Crippen LogP contribution in [0.15, 0.2) is 18.2 Å². The monoisotopic (exact) mass is 311 g/mol. The lowest BCUT2D eigenvalue weighted by molar-refractivity contribution is 0.160. The Kier molecular flexibility index (Phi) is 5.67. The molecule has 2 rings (SSSR count). The number of hydrogen-bond acceptors (Lipinski definition) is 1. The number of benzene rings is 1. The Morgan fingerprint density at radius 3 is 2.52 bits per heavy atom. The van der Waals surface area contributed by atoms with Crippen molar-refractivity contribution in [1.82, 2.24) is 5.32 Å². The molecule has 0 saturated heterocycles. The molecule has 3 heteroatoms. The molecule has 0 amide bonds. The van der Waals surface area contributed by atoms with Crippen LogP contribution in [0.5, 0.6) is 0 Å². The molecule has 21 heavy (non-hydrogen) atoms. The van der Waals surface area contributed by atoms with Crippen LogP contribution in [0, 0.1) is 17.2 Å². The van der Waals surface area contributed by atoms with Crippen molar-refractivity contribution in [3.63, 3.8) is 0 Å². The van der Waals surface area contributed by atoms with Crippen molar-refractivity contribution in [1.29, 1.82) is 0 Å². The molecule has 0 spiro atoms. The Morgan fingerprint density at radius 2 is 1.95 bits per heavy atom. The van der Waals surface area contributed by atoms with E-state index in [0.29, 0.717) is 22.4 Å². The van der Waals surface area contributed by atoms with Gasteiger partial charge in [0.2, 0.25) is 0 Å². The van der Waals surface area contributed by atoms with Gasteiger partial charge in [0.05, 0.1) is 0 Å². The summed E-state index contributed by atoms with van der Waals surface area (Å²) in [7, 11) is 2.03. The molecule has 1 saturated carbocycles. The van der Waals surface area contributed by atoms with Gasteiger partial charge in [-0.25, -0.2) is 4.39 Å². The molecule has 1 N–H and O–H groups in total. The molecule has 1 aromatic carbocycles. The number of likely N-dealkylation sites (N-methyl/N-ethyl adjacent to an activating group) is 1. The van der Waals surface area contributed by atoms with Gasteiger partial charge in [0.15, 0.2) is 0 Å². The van der Waals surface area contributed by atoms with Gasteiger partial charge in [0.25, 0.3) is 0 Å². The normalized spacial score (nSPS) is 19.1. The third kappa shape index (κ3) is 3.98. The van der Waals surface area contributed by atoms with E-state index in [9.17, 15) is 4.39 Å². The minimum atomic E-state index is -0.200. The standard InChI is InChI=1S/C18H27ClFN/c1-13(2)12-18(8-4-5-9-18)17(21-3)11-14-10-15(20)6-7-16(14)19/h6-7,10,13,17,21H,4-5,8-9,11-12H2,1-3H3. The Balaban J connectivity index is 2.22. The van der Waals surface area contributed by atoms with Crippen LogP contribution in [0.25, 0.3) is 0 Å². The lowest BCUT2D eigenvalue weighted by Gasteiger charge is -2.39. The largest absolute Gasteiger partial charge is 0.316 e. The van der Waals surface area contributed by atoms with Gasteiger partial charge in [-0.05, 0) is 67.8 Å². The average molecular weight is 312 g/mol. The smallest absolute Gasteiger partial charge is 0.123 e. The first-order valence-corrected chi connectivity index (χ1v) is 8.46. The zero-order valence-corrected chi connectivity index (χ0v) is 14.1. The molecule has 1 aliphatic carbocycles. The van der Waals surface area contributed by atoms with Gasteiger partial charge in [-0.1, -0.05) is 38.3 Å². The Labute approximate surface area is 133 Å². The lowest BCUT2D eigenvalue weighted by Crippen LogP contribution is -2.44. The number of halogens is 2. The summed E-state index contributed by atoms with van der Waals surface area (Å²) in [5.74, 6) is 0.482. The van der Waals surface area contributed by atoms with Crippen molar-refractivity contribution in [3.05, 3.63) is 34.6 Å².